The second-order valence-electron chi connectivity index (χ2n) is 7.20. The Morgan fingerprint density at radius 2 is 1.39 bits per heavy atom. The van der Waals surface area contributed by atoms with Crippen LogP contribution in [0.15, 0.2) is 0 Å². The van der Waals surface area contributed by atoms with Crippen LogP contribution in [0, 0.1) is 29.1 Å². The van der Waals surface area contributed by atoms with Gasteiger partial charge in [-0.3, -0.25) is 0 Å². The van der Waals surface area contributed by atoms with E-state index in [0.29, 0.717) is 5.41 Å². The van der Waals surface area contributed by atoms with Gasteiger partial charge in [-0.15, -0.1) is 0 Å². The van der Waals surface area contributed by atoms with E-state index in [1.54, 1.807) is 0 Å². The monoisotopic (exact) mass is 254 g/mol. The predicted octanol–water partition coefficient (Wildman–Crippen LogP) is 6.55. The lowest BCUT2D eigenvalue weighted by molar-refractivity contribution is 0.0344. The molecule has 0 saturated carbocycles. The van der Waals surface area contributed by atoms with E-state index in [1.807, 2.05) is 0 Å². The number of unbranched alkanes of at least 4 members (excludes halogenated alkanes) is 1. The van der Waals surface area contributed by atoms with Gasteiger partial charge in [0.25, 0.3) is 0 Å². The molecule has 4 unspecified atom stereocenters. The first kappa shape index (κ1) is 18.0. The van der Waals surface area contributed by atoms with E-state index in [-0.39, 0.29) is 0 Å². The van der Waals surface area contributed by atoms with Crippen molar-refractivity contribution in [2.75, 3.05) is 0 Å². The first-order chi connectivity index (χ1) is 8.31. The highest BCUT2D eigenvalue weighted by atomic mass is 14.4. The van der Waals surface area contributed by atoms with Gasteiger partial charge in [0.15, 0.2) is 0 Å². The third-order valence-electron chi connectivity index (χ3n) is 5.75. The van der Waals surface area contributed by atoms with Gasteiger partial charge < -0.3 is 0 Å². The van der Waals surface area contributed by atoms with Crippen LogP contribution in [0.5, 0.6) is 0 Å². The summed E-state index contributed by atoms with van der Waals surface area (Å²) in [5.74, 6) is 3.31. The molecule has 0 radical (unpaired) electrons. The van der Waals surface area contributed by atoms with Crippen molar-refractivity contribution < 1.29 is 0 Å². The van der Waals surface area contributed by atoms with Crippen molar-refractivity contribution >= 4 is 0 Å². The fourth-order valence-corrected chi connectivity index (χ4v) is 3.54. The summed E-state index contributed by atoms with van der Waals surface area (Å²) >= 11 is 0. The number of rotatable bonds is 9. The molecule has 110 valence electrons. The highest BCUT2D eigenvalue weighted by Gasteiger charge is 2.39. The Bertz CT molecular complexity index is 206. The van der Waals surface area contributed by atoms with Gasteiger partial charge >= 0.3 is 0 Å². The molecule has 0 aliphatic rings. The van der Waals surface area contributed by atoms with Gasteiger partial charge in [-0.25, -0.2) is 0 Å². The van der Waals surface area contributed by atoms with Crippen LogP contribution < -0.4 is 0 Å². The van der Waals surface area contributed by atoms with Crippen LogP contribution in [0.4, 0.5) is 0 Å². The van der Waals surface area contributed by atoms with Gasteiger partial charge in [-0.1, -0.05) is 81.1 Å². The SMILES string of the molecule is CCCCC(C)(C(C)C(C)C)C(C)C(C)CCC. The molecule has 0 saturated heterocycles. The minimum Gasteiger partial charge on any atom is -0.0654 e. The summed E-state index contributed by atoms with van der Waals surface area (Å²) < 4.78 is 0. The van der Waals surface area contributed by atoms with Crippen molar-refractivity contribution in [2.45, 2.75) is 87.5 Å². The van der Waals surface area contributed by atoms with Crippen molar-refractivity contribution in [1.82, 2.24) is 0 Å². The van der Waals surface area contributed by atoms with E-state index >= 15 is 0 Å². The largest absolute Gasteiger partial charge is 0.0654 e. The Kier molecular flexibility index (Phi) is 8.23. The lowest BCUT2D eigenvalue weighted by Gasteiger charge is -2.46. The zero-order chi connectivity index (χ0) is 14.3. The Balaban J connectivity index is 4.94. The lowest BCUT2D eigenvalue weighted by Crippen LogP contribution is -2.38. The first-order valence-electron chi connectivity index (χ1n) is 8.31. The molecule has 0 bridgehead atoms. The lowest BCUT2D eigenvalue weighted by atomic mass is 9.59. The topological polar surface area (TPSA) is 0 Å². The first-order valence-corrected chi connectivity index (χ1v) is 8.31. The predicted molar refractivity (Wildman–Crippen MR) is 84.9 cm³/mol. The molecule has 0 aromatic carbocycles. The molecular weight excluding hydrogens is 216 g/mol. The Morgan fingerprint density at radius 3 is 1.78 bits per heavy atom. The second kappa shape index (κ2) is 8.23. The van der Waals surface area contributed by atoms with Crippen LogP contribution in [-0.2, 0) is 0 Å². The van der Waals surface area contributed by atoms with E-state index in [0.717, 1.165) is 23.7 Å². The van der Waals surface area contributed by atoms with E-state index in [4.69, 9.17) is 0 Å². The van der Waals surface area contributed by atoms with E-state index in [1.165, 1.54) is 32.1 Å². The van der Waals surface area contributed by atoms with Crippen LogP contribution >= 0.6 is 0 Å². The van der Waals surface area contributed by atoms with Crippen LogP contribution in [0.3, 0.4) is 0 Å². The van der Waals surface area contributed by atoms with Crippen molar-refractivity contribution in [2.24, 2.45) is 29.1 Å². The van der Waals surface area contributed by atoms with Crippen molar-refractivity contribution in [1.29, 1.82) is 0 Å². The maximum atomic E-state index is 2.56. The molecule has 0 spiro atoms. The summed E-state index contributed by atoms with van der Waals surface area (Å²) in [5, 5.41) is 0. The summed E-state index contributed by atoms with van der Waals surface area (Å²) in [6.07, 6.45) is 6.82. The smallest absolute Gasteiger partial charge is 0.0270 e. The van der Waals surface area contributed by atoms with E-state index in [9.17, 15) is 0 Å². The minimum atomic E-state index is 0.513. The zero-order valence-corrected chi connectivity index (χ0v) is 14.3. The minimum absolute atomic E-state index is 0.513. The molecule has 0 nitrogen and oxygen atoms in total. The Hall–Kier alpha value is 0. The standard InChI is InChI=1S/C18H38/c1-9-11-13-18(8,16(6)14(3)4)17(7)15(5)12-10-2/h14-17H,9-13H2,1-8H3. The summed E-state index contributed by atoms with van der Waals surface area (Å²) in [7, 11) is 0. The highest BCUT2D eigenvalue weighted by Crippen LogP contribution is 2.47. The molecule has 0 aromatic heterocycles. The highest BCUT2D eigenvalue weighted by molar-refractivity contribution is 4.88. The normalized spacial score (nSPS) is 20.5. The van der Waals surface area contributed by atoms with Gasteiger partial charge in [0.05, 0.1) is 0 Å². The Morgan fingerprint density at radius 1 is 0.833 bits per heavy atom. The summed E-state index contributed by atoms with van der Waals surface area (Å²) in [6, 6.07) is 0. The van der Waals surface area contributed by atoms with E-state index < -0.39 is 0 Å². The number of hydrogen-bond donors (Lipinski definition) is 0. The molecule has 18 heavy (non-hydrogen) atoms. The zero-order valence-electron chi connectivity index (χ0n) is 14.3. The maximum absolute atomic E-state index is 2.56. The molecule has 0 rings (SSSR count). The summed E-state index contributed by atoms with van der Waals surface area (Å²) in [6.45, 7) is 19.4. The van der Waals surface area contributed by atoms with Gasteiger partial charge in [0, 0.05) is 0 Å². The third kappa shape index (κ3) is 4.59. The van der Waals surface area contributed by atoms with Gasteiger partial charge in [0.1, 0.15) is 0 Å². The molecule has 0 heteroatoms. The van der Waals surface area contributed by atoms with Crippen LogP contribution in [0.25, 0.3) is 0 Å². The Labute approximate surface area is 117 Å². The molecule has 0 aromatic rings. The van der Waals surface area contributed by atoms with Crippen molar-refractivity contribution in [3.63, 3.8) is 0 Å². The van der Waals surface area contributed by atoms with Crippen LogP contribution in [0.1, 0.15) is 87.5 Å². The van der Waals surface area contributed by atoms with Crippen molar-refractivity contribution in [3.8, 4) is 0 Å². The second-order valence-corrected chi connectivity index (χ2v) is 7.20. The van der Waals surface area contributed by atoms with Gasteiger partial charge in [-0.05, 0) is 35.5 Å². The number of hydrogen-bond acceptors (Lipinski definition) is 0. The average molecular weight is 255 g/mol. The molecule has 0 fully saturated rings. The summed E-state index contributed by atoms with van der Waals surface area (Å²) in [4.78, 5) is 0. The molecule has 0 aliphatic heterocycles. The molecule has 0 aliphatic carbocycles. The molecule has 0 N–H and O–H groups in total. The maximum Gasteiger partial charge on any atom is -0.0270 e. The van der Waals surface area contributed by atoms with Gasteiger partial charge in [0.2, 0.25) is 0 Å². The van der Waals surface area contributed by atoms with E-state index in [2.05, 4.69) is 55.4 Å². The quantitative estimate of drug-likeness (QED) is 0.438. The third-order valence-corrected chi connectivity index (χ3v) is 5.75. The van der Waals surface area contributed by atoms with Gasteiger partial charge in [-0.2, -0.15) is 0 Å². The van der Waals surface area contributed by atoms with Crippen LogP contribution in [-0.4, -0.2) is 0 Å². The average Bonchev–Trinajstić information content (AvgIpc) is 2.34. The molecule has 0 amide bonds. The fourth-order valence-electron chi connectivity index (χ4n) is 3.54. The molecule has 4 atom stereocenters. The fraction of sp³-hybridized carbons (Fsp3) is 1.00. The van der Waals surface area contributed by atoms with Crippen molar-refractivity contribution in [3.05, 3.63) is 0 Å². The summed E-state index contributed by atoms with van der Waals surface area (Å²) in [5.41, 5.74) is 0.513. The molecule has 0 heterocycles. The molecular formula is C18H38. The van der Waals surface area contributed by atoms with Crippen LogP contribution in [0.2, 0.25) is 0 Å².